The predicted molar refractivity (Wildman–Crippen MR) is 98.5 cm³/mol. The second kappa shape index (κ2) is 6.84. The molecular weight excluding hydrogens is 322 g/mol. The fourth-order valence-electron chi connectivity index (χ4n) is 2.43. The summed E-state index contributed by atoms with van der Waals surface area (Å²) < 4.78 is 0. The van der Waals surface area contributed by atoms with Crippen LogP contribution in [0, 0.1) is 13.8 Å². The van der Waals surface area contributed by atoms with Gasteiger partial charge in [0.2, 0.25) is 17.2 Å². The summed E-state index contributed by atoms with van der Waals surface area (Å²) in [5.74, 6) is 0.903. The molecule has 1 heterocycles. The highest BCUT2D eigenvalue weighted by Crippen LogP contribution is 2.26. The van der Waals surface area contributed by atoms with E-state index in [2.05, 4.69) is 20.3 Å². The molecule has 0 unspecified atom stereocenters. The van der Waals surface area contributed by atoms with Crippen LogP contribution in [0.25, 0.3) is 0 Å². The molecule has 6 heteroatoms. The van der Waals surface area contributed by atoms with E-state index in [4.69, 9.17) is 11.6 Å². The molecule has 3 rings (SSSR count). The molecule has 0 aliphatic rings. The van der Waals surface area contributed by atoms with Gasteiger partial charge in [-0.3, -0.25) is 0 Å². The largest absolute Gasteiger partial charge is 0.324 e. The van der Waals surface area contributed by atoms with Crippen molar-refractivity contribution in [1.82, 2.24) is 15.0 Å². The van der Waals surface area contributed by atoms with Gasteiger partial charge in [-0.2, -0.15) is 15.0 Å². The molecule has 0 aliphatic carbocycles. The molecule has 0 aliphatic heterocycles. The Morgan fingerprint density at radius 3 is 2.25 bits per heavy atom. The van der Waals surface area contributed by atoms with Crippen LogP contribution in [0.4, 0.5) is 23.3 Å². The van der Waals surface area contributed by atoms with Crippen molar-refractivity contribution in [3.8, 4) is 0 Å². The summed E-state index contributed by atoms with van der Waals surface area (Å²) in [5, 5.41) is 3.35. The van der Waals surface area contributed by atoms with Gasteiger partial charge in [0.25, 0.3) is 0 Å². The van der Waals surface area contributed by atoms with Gasteiger partial charge < -0.3 is 10.2 Å². The fourth-order valence-corrected chi connectivity index (χ4v) is 2.58. The van der Waals surface area contributed by atoms with Crippen molar-refractivity contribution in [3.63, 3.8) is 0 Å². The lowest BCUT2D eigenvalue weighted by molar-refractivity contribution is 0.987. The molecule has 0 radical (unpaired) electrons. The zero-order chi connectivity index (χ0) is 17.1. The number of rotatable bonds is 4. The number of benzene rings is 2. The minimum absolute atomic E-state index is 0.150. The first-order valence-corrected chi connectivity index (χ1v) is 7.96. The van der Waals surface area contributed by atoms with Crippen molar-refractivity contribution in [3.05, 3.63) is 64.9 Å². The third kappa shape index (κ3) is 3.46. The van der Waals surface area contributed by atoms with Gasteiger partial charge in [0.1, 0.15) is 0 Å². The third-order valence-corrected chi connectivity index (χ3v) is 3.93. The second-order valence-electron chi connectivity index (χ2n) is 5.51. The maximum absolute atomic E-state index is 6.10. The van der Waals surface area contributed by atoms with E-state index < -0.39 is 0 Å². The maximum Gasteiger partial charge on any atom is 0.235 e. The van der Waals surface area contributed by atoms with Gasteiger partial charge >= 0.3 is 0 Å². The first kappa shape index (κ1) is 16.2. The van der Waals surface area contributed by atoms with E-state index in [1.807, 2.05) is 74.3 Å². The van der Waals surface area contributed by atoms with Gasteiger partial charge in [0.15, 0.2) is 0 Å². The second-order valence-corrected chi connectivity index (χ2v) is 5.85. The molecule has 5 nitrogen and oxygen atoms in total. The maximum atomic E-state index is 6.10. The van der Waals surface area contributed by atoms with Crippen LogP contribution in [0.3, 0.4) is 0 Å². The van der Waals surface area contributed by atoms with Crippen LogP contribution in [0.15, 0.2) is 48.5 Å². The van der Waals surface area contributed by atoms with E-state index in [1.165, 1.54) is 0 Å². The summed E-state index contributed by atoms with van der Waals surface area (Å²) in [6, 6.07) is 16.0. The van der Waals surface area contributed by atoms with Crippen LogP contribution in [-0.2, 0) is 0 Å². The summed E-state index contributed by atoms with van der Waals surface area (Å²) in [7, 11) is 1.91. The Morgan fingerprint density at radius 2 is 1.54 bits per heavy atom. The number of hydrogen-bond acceptors (Lipinski definition) is 5. The molecule has 0 spiro atoms. The number of hydrogen-bond donors (Lipinski definition) is 1. The van der Waals surface area contributed by atoms with E-state index in [-0.39, 0.29) is 5.28 Å². The zero-order valence-corrected chi connectivity index (χ0v) is 14.5. The van der Waals surface area contributed by atoms with Gasteiger partial charge in [-0.05, 0) is 48.7 Å². The molecule has 24 heavy (non-hydrogen) atoms. The Balaban J connectivity index is 1.95. The molecule has 3 aromatic rings. The van der Waals surface area contributed by atoms with Crippen molar-refractivity contribution >= 4 is 34.9 Å². The number of nitrogens with one attached hydrogen (secondary N) is 1. The monoisotopic (exact) mass is 339 g/mol. The van der Waals surface area contributed by atoms with Gasteiger partial charge in [-0.25, -0.2) is 0 Å². The topological polar surface area (TPSA) is 53.9 Å². The SMILES string of the molecule is Cc1ccccc1Nc1nc(Cl)nc(N(C)c2ccccc2C)n1. The van der Waals surface area contributed by atoms with E-state index >= 15 is 0 Å². The summed E-state index contributed by atoms with van der Waals surface area (Å²) in [4.78, 5) is 14.8. The van der Waals surface area contributed by atoms with Crippen LogP contribution < -0.4 is 10.2 Å². The number of aromatic nitrogens is 3. The zero-order valence-electron chi connectivity index (χ0n) is 13.8. The Hall–Kier alpha value is -2.66. The lowest BCUT2D eigenvalue weighted by atomic mass is 10.2. The molecule has 0 atom stereocenters. The molecule has 0 fully saturated rings. The Bertz CT molecular complexity index is 866. The predicted octanol–water partition coefficient (Wildman–Crippen LogP) is 4.65. The van der Waals surface area contributed by atoms with Crippen molar-refractivity contribution in [1.29, 1.82) is 0 Å². The summed E-state index contributed by atoms with van der Waals surface area (Å²) in [6.07, 6.45) is 0. The minimum atomic E-state index is 0.150. The van der Waals surface area contributed by atoms with E-state index in [0.717, 1.165) is 22.5 Å². The summed E-state index contributed by atoms with van der Waals surface area (Å²) in [5.41, 5.74) is 4.18. The molecular formula is C18H18ClN5. The van der Waals surface area contributed by atoms with E-state index in [0.29, 0.717) is 11.9 Å². The molecule has 0 saturated carbocycles. The highest BCUT2D eigenvalue weighted by molar-refractivity contribution is 6.28. The summed E-state index contributed by atoms with van der Waals surface area (Å²) in [6.45, 7) is 4.06. The van der Waals surface area contributed by atoms with Gasteiger partial charge in [-0.15, -0.1) is 0 Å². The standard InChI is InChI=1S/C18H18ClN5/c1-12-8-4-6-10-14(12)20-17-21-16(19)22-18(23-17)24(3)15-11-7-5-9-13(15)2/h4-11H,1-3H3,(H,20,21,22,23). The summed E-state index contributed by atoms with van der Waals surface area (Å²) >= 11 is 6.10. The number of anilines is 4. The quantitative estimate of drug-likeness (QED) is 0.749. The molecule has 1 N–H and O–H groups in total. The third-order valence-electron chi connectivity index (χ3n) is 3.76. The lowest BCUT2D eigenvalue weighted by Crippen LogP contribution is -2.15. The van der Waals surface area contributed by atoms with Crippen molar-refractivity contribution in [2.75, 3.05) is 17.3 Å². The first-order chi connectivity index (χ1) is 11.5. The molecule has 122 valence electrons. The highest BCUT2D eigenvalue weighted by atomic mass is 35.5. The van der Waals surface area contributed by atoms with Crippen molar-refractivity contribution in [2.24, 2.45) is 0 Å². The number of halogens is 1. The molecule has 0 amide bonds. The van der Waals surface area contributed by atoms with Crippen LogP contribution >= 0.6 is 11.6 Å². The van der Waals surface area contributed by atoms with Crippen LogP contribution in [0.5, 0.6) is 0 Å². The van der Waals surface area contributed by atoms with Crippen LogP contribution in [-0.4, -0.2) is 22.0 Å². The molecule has 0 bridgehead atoms. The van der Waals surface area contributed by atoms with Crippen LogP contribution in [0.2, 0.25) is 5.28 Å². The van der Waals surface area contributed by atoms with Gasteiger partial charge in [0, 0.05) is 18.4 Å². The molecule has 0 saturated heterocycles. The Kier molecular flexibility index (Phi) is 4.62. The van der Waals surface area contributed by atoms with E-state index in [9.17, 15) is 0 Å². The first-order valence-electron chi connectivity index (χ1n) is 7.58. The molecule has 2 aromatic carbocycles. The van der Waals surface area contributed by atoms with Crippen molar-refractivity contribution < 1.29 is 0 Å². The Labute approximate surface area is 146 Å². The van der Waals surface area contributed by atoms with E-state index in [1.54, 1.807) is 0 Å². The number of para-hydroxylation sites is 2. The smallest absolute Gasteiger partial charge is 0.235 e. The molecule has 1 aromatic heterocycles. The number of nitrogens with zero attached hydrogens (tertiary/aromatic N) is 4. The lowest BCUT2D eigenvalue weighted by Gasteiger charge is -2.20. The van der Waals surface area contributed by atoms with Gasteiger partial charge in [-0.1, -0.05) is 36.4 Å². The van der Waals surface area contributed by atoms with Crippen molar-refractivity contribution in [2.45, 2.75) is 13.8 Å². The highest BCUT2D eigenvalue weighted by Gasteiger charge is 2.13. The van der Waals surface area contributed by atoms with Gasteiger partial charge in [0.05, 0.1) is 0 Å². The fraction of sp³-hybridized carbons (Fsp3) is 0.167. The average Bonchev–Trinajstić information content (AvgIpc) is 2.56. The minimum Gasteiger partial charge on any atom is -0.324 e. The van der Waals surface area contributed by atoms with Crippen LogP contribution in [0.1, 0.15) is 11.1 Å². The number of aryl methyl sites for hydroxylation is 2. The normalized spacial score (nSPS) is 10.5. The average molecular weight is 340 g/mol. The Morgan fingerprint density at radius 1 is 0.875 bits per heavy atom.